The quantitative estimate of drug-likeness (QED) is 0.458. The molecule has 1 aliphatic carbocycles. The van der Waals surface area contributed by atoms with E-state index in [-0.39, 0.29) is 0 Å². The molecule has 3 aromatic carbocycles. The number of hydrogen-bond acceptors (Lipinski definition) is 1. The van der Waals surface area contributed by atoms with Crippen molar-refractivity contribution in [2.75, 3.05) is 5.73 Å². The molecule has 0 saturated heterocycles. The van der Waals surface area contributed by atoms with Crippen LogP contribution >= 0.6 is 23.2 Å². The molecular weight excluding hydrogens is 373 g/mol. The van der Waals surface area contributed by atoms with E-state index >= 15 is 0 Å². The number of nitrogens with two attached hydrogens (primary N) is 1. The SMILES string of the molecule is Cc1ccc(C2=C(c3ccc(Cl)cc3Cl)CCCc3cc(N)ccc32)cc1. The number of rotatable bonds is 2. The number of anilines is 1. The van der Waals surface area contributed by atoms with E-state index in [1.54, 1.807) is 0 Å². The van der Waals surface area contributed by atoms with Gasteiger partial charge in [-0.15, -0.1) is 0 Å². The minimum atomic E-state index is 0.656. The van der Waals surface area contributed by atoms with Gasteiger partial charge in [-0.05, 0) is 83.9 Å². The summed E-state index contributed by atoms with van der Waals surface area (Å²) in [6, 6.07) is 20.7. The maximum atomic E-state index is 6.61. The molecule has 0 spiro atoms. The normalized spacial score (nSPS) is 14.0. The van der Waals surface area contributed by atoms with Crippen molar-refractivity contribution in [3.8, 4) is 0 Å². The first kappa shape index (κ1) is 18.2. The van der Waals surface area contributed by atoms with E-state index in [0.29, 0.717) is 10.0 Å². The van der Waals surface area contributed by atoms with Crippen LogP contribution in [0.2, 0.25) is 10.0 Å². The lowest BCUT2D eigenvalue weighted by molar-refractivity contribution is 0.861. The smallest absolute Gasteiger partial charge is 0.0496 e. The van der Waals surface area contributed by atoms with Gasteiger partial charge in [0.15, 0.2) is 0 Å². The maximum Gasteiger partial charge on any atom is 0.0496 e. The van der Waals surface area contributed by atoms with Crippen molar-refractivity contribution in [3.63, 3.8) is 0 Å². The number of benzene rings is 3. The topological polar surface area (TPSA) is 26.0 Å². The zero-order valence-corrected chi connectivity index (χ0v) is 16.7. The molecule has 0 heterocycles. The van der Waals surface area contributed by atoms with Gasteiger partial charge in [-0.1, -0.05) is 65.2 Å². The fraction of sp³-hybridized carbons (Fsp3) is 0.167. The molecule has 4 rings (SSSR count). The monoisotopic (exact) mass is 393 g/mol. The van der Waals surface area contributed by atoms with Gasteiger partial charge in [-0.3, -0.25) is 0 Å². The van der Waals surface area contributed by atoms with Gasteiger partial charge in [-0.25, -0.2) is 0 Å². The van der Waals surface area contributed by atoms with Crippen molar-refractivity contribution in [1.29, 1.82) is 0 Å². The highest BCUT2D eigenvalue weighted by atomic mass is 35.5. The number of hydrogen-bond donors (Lipinski definition) is 1. The van der Waals surface area contributed by atoms with Crippen molar-refractivity contribution in [2.24, 2.45) is 0 Å². The molecule has 0 aromatic heterocycles. The molecule has 136 valence electrons. The maximum absolute atomic E-state index is 6.61. The Kier molecular flexibility index (Phi) is 4.99. The summed E-state index contributed by atoms with van der Waals surface area (Å²) >= 11 is 12.8. The molecule has 0 radical (unpaired) electrons. The average molecular weight is 394 g/mol. The summed E-state index contributed by atoms with van der Waals surface area (Å²) in [5.74, 6) is 0. The first-order chi connectivity index (χ1) is 13.0. The van der Waals surface area contributed by atoms with Crippen molar-refractivity contribution in [2.45, 2.75) is 26.2 Å². The summed E-state index contributed by atoms with van der Waals surface area (Å²) in [6.45, 7) is 2.11. The van der Waals surface area contributed by atoms with E-state index in [1.165, 1.54) is 33.4 Å². The van der Waals surface area contributed by atoms with Crippen molar-refractivity contribution >= 4 is 40.0 Å². The van der Waals surface area contributed by atoms with Crippen LogP contribution in [0, 0.1) is 6.92 Å². The molecule has 0 bridgehead atoms. The van der Waals surface area contributed by atoms with Crippen molar-refractivity contribution < 1.29 is 0 Å². The van der Waals surface area contributed by atoms with Crippen LogP contribution in [0.4, 0.5) is 5.69 Å². The van der Waals surface area contributed by atoms with Gasteiger partial charge in [0.25, 0.3) is 0 Å². The Morgan fingerprint density at radius 1 is 0.815 bits per heavy atom. The van der Waals surface area contributed by atoms with Gasteiger partial charge in [0.1, 0.15) is 0 Å². The molecule has 0 fully saturated rings. The van der Waals surface area contributed by atoms with Crippen LogP contribution in [-0.4, -0.2) is 0 Å². The van der Waals surface area contributed by atoms with Gasteiger partial charge in [0.05, 0.1) is 0 Å². The van der Waals surface area contributed by atoms with E-state index in [1.807, 2.05) is 24.3 Å². The average Bonchev–Trinajstić information content (AvgIpc) is 2.81. The number of allylic oxidation sites excluding steroid dienone is 1. The van der Waals surface area contributed by atoms with E-state index in [0.717, 1.165) is 30.5 Å². The Morgan fingerprint density at radius 2 is 1.56 bits per heavy atom. The Bertz CT molecular complexity index is 1030. The molecule has 27 heavy (non-hydrogen) atoms. The third-order valence-corrected chi connectivity index (χ3v) is 5.72. The fourth-order valence-corrected chi connectivity index (χ4v) is 4.38. The number of fused-ring (bicyclic) bond motifs is 1. The van der Waals surface area contributed by atoms with Crippen LogP contribution in [0.1, 0.15) is 40.7 Å². The fourth-order valence-electron chi connectivity index (χ4n) is 3.86. The van der Waals surface area contributed by atoms with E-state index in [2.05, 4.69) is 43.3 Å². The highest BCUT2D eigenvalue weighted by Gasteiger charge is 2.21. The van der Waals surface area contributed by atoms with Gasteiger partial charge in [0.2, 0.25) is 0 Å². The molecular formula is C24H21Cl2N. The van der Waals surface area contributed by atoms with Crippen LogP contribution in [0.5, 0.6) is 0 Å². The molecule has 1 nitrogen and oxygen atoms in total. The van der Waals surface area contributed by atoms with E-state index < -0.39 is 0 Å². The molecule has 1 aliphatic rings. The predicted octanol–water partition coefficient (Wildman–Crippen LogP) is 7.18. The van der Waals surface area contributed by atoms with Gasteiger partial charge < -0.3 is 5.73 Å². The summed E-state index contributed by atoms with van der Waals surface area (Å²) in [4.78, 5) is 0. The molecule has 0 aliphatic heterocycles. The molecule has 2 N–H and O–H groups in total. The summed E-state index contributed by atoms with van der Waals surface area (Å²) in [5, 5.41) is 1.35. The summed E-state index contributed by atoms with van der Waals surface area (Å²) in [7, 11) is 0. The lowest BCUT2D eigenvalue weighted by Gasteiger charge is -2.18. The number of nitrogen functional groups attached to an aromatic ring is 1. The summed E-state index contributed by atoms with van der Waals surface area (Å²) in [6.07, 6.45) is 3.02. The minimum Gasteiger partial charge on any atom is -0.399 e. The zero-order chi connectivity index (χ0) is 19.0. The number of aryl methyl sites for hydroxylation is 2. The van der Waals surface area contributed by atoms with E-state index in [9.17, 15) is 0 Å². The van der Waals surface area contributed by atoms with Gasteiger partial charge in [0, 0.05) is 15.7 Å². The second kappa shape index (κ2) is 7.42. The Balaban J connectivity index is 2.03. The third-order valence-electron chi connectivity index (χ3n) is 5.17. The highest BCUT2D eigenvalue weighted by molar-refractivity contribution is 6.36. The minimum absolute atomic E-state index is 0.656. The van der Waals surface area contributed by atoms with E-state index in [4.69, 9.17) is 28.9 Å². The second-order valence-electron chi connectivity index (χ2n) is 7.11. The van der Waals surface area contributed by atoms with Crippen molar-refractivity contribution in [3.05, 3.63) is 98.5 Å². The zero-order valence-electron chi connectivity index (χ0n) is 15.2. The van der Waals surface area contributed by atoms with Crippen LogP contribution in [-0.2, 0) is 6.42 Å². The van der Waals surface area contributed by atoms with Gasteiger partial charge in [-0.2, -0.15) is 0 Å². The number of halogens is 2. The van der Waals surface area contributed by atoms with Crippen molar-refractivity contribution in [1.82, 2.24) is 0 Å². The van der Waals surface area contributed by atoms with Gasteiger partial charge >= 0.3 is 0 Å². The molecule has 0 amide bonds. The predicted molar refractivity (Wildman–Crippen MR) is 117 cm³/mol. The summed E-state index contributed by atoms with van der Waals surface area (Å²) < 4.78 is 0. The Labute approximate surface area is 170 Å². The second-order valence-corrected chi connectivity index (χ2v) is 7.96. The largest absolute Gasteiger partial charge is 0.399 e. The standard InChI is InChI=1S/C24H21Cl2N/c1-15-5-7-16(8-6-15)24-20-12-10-19(27)13-17(20)3-2-4-22(24)21-11-9-18(25)14-23(21)26/h5-14H,2-4,27H2,1H3. The molecule has 0 unspecified atom stereocenters. The van der Waals surface area contributed by atoms with Crippen LogP contribution in [0.15, 0.2) is 60.7 Å². The molecule has 3 aromatic rings. The Hall–Kier alpha value is -2.22. The summed E-state index contributed by atoms with van der Waals surface area (Å²) in [5.41, 5.74) is 15.4. The molecule has 0 atom stereocenters. The first-order valence-electron chi connectivity index (χ1n) is 9.17. The highest BCUT2D eigenvalue weighted by Crippen LogP contribution is 2.42. The Morgan fingerprint density at radius 3 is 2.30 bits per heavy atom. The third kappa shape index (κ3) is 3.63. The van der Waals surface area contributed by atoms with Crippen LogP contribution < -0.4 is 5.73 Å². The molecule has 3 heteroatoms. The first-order valence-corrected chi connectivity index (χ1v) is 9.93. The lowest BCUT2D eigenvalue weighted by atomic mass is 9.87. The van der Waals surface area contributed by atoms with Crippen LogP contribution in [0.3, 0.4) is 0 Å². The van der Waals surface area contributed by atoms with Crippen LogP contribution in [0.25, 0.3) is 11.1 Å². The lowest BCUT2D eigenvalue weighted by Crippen LogP contribution is -1.98. The molecule has 0 saturated carbocycles.